The van der Waals surface area contributed by atoms with E-state index in [0.717, 1.165) is 73.5 Å². The number of carbonyl (C=O) groups is 1. The van der Waals surface area contributed by atoms with Crippen LogP contribution in [0.2, 0.25) is 0 Å². The molecule has 0 N–H and O–H groups in total. The van der Waals surface area contributed by atoms with Crippen molar-refractivity contribution in [1.29, 1.82) is 0 Å². The predicted molar refractivity (Wildman–Crippen MR) is 112 cm³/mol. The number of fused-ring (bicyclic) bond motifs is 12. The number of hydrogen-bond donors (Lipinski definition) is 0. The molecule has 5 saturated carbocycles. The van der Waals surface area contributed by atoms with Crippen LogP contribution in [0, 0.1) is 53.3 Å². The monoisotopic (exact) mass is 400 g/mol. The van der Waals surface area contributed by atoms with Gasteiger partial charge in [-0.15, -0.1) is 0 Å². The molecular formula is C26H40O3. The fraction of sp³-hybridized carbons (Fsp3) is 0.962. The van der Waals surface area contributed by atoms with Crippen molar-refractivity contribution < 1.29 is 14.3 Å². The molecule has 1 aliphatic heterocycles. The van der Waals surface area contributed by atoms with Gasteiger partial charge in [0, 0.05) is 0 Å². The molecule has 11 atom stereocenters. The van der Waals surface area contributed by atoms with E-state index in [1.165, 1.54) is 32.1 Å². The first-order valence-corrected chi connectivity index (χ1v) is 13.0. The highest BCUT2D eigenvalue weighted by Crippen LogP contribution is 2.74. The van der Waals surface area contributed by atoms with E-state index in [4.69, 9.17) is 9.47 Å². The minimum atomic E-state index is -0.126. The first kappa shape index (κ1) is 19.1. The van der Waals surface area contributed by atoms with Gasteiger partial charge in [0.1, 0.15) is 5.60 Å². The van der Waals surface area contributed by atoms with Crippen molar-refractivity contribution >= 4 is 5.97 Å². The van der Waals surface area contributed by atoms with E-state index in [0.29, 0.717) is 18.1 Å². The molecule has 6 fully saturated rings. The van der Waals surface area contributed by atoms with Gasteiger partial charge in [-0.2, -0.15) is 0 Å². The lowest BCUT2D eigenvalue weighted by Gasteiger charge is -2.44. The zero-order chi connectivity index (χ0) is 19.9. The summed E-state index contributed by atoms with van der Waals surface area (Å²) < 4.78 is 12.9. The Morgan fingerprint density at radius 2 is 1.52 bits per heavy atom. The fourth-order valence-corrected chi connectivity index (χ4v) is 10.0. The third kappa shape index (κ3) is 2.49. The van der Waals surface area contributed by atoms with E-state index in [1.54, 1.807) is 0 Å². The van der Waals surface area contributed by atoms with Gasteiger partial charge in [-0.05, 0) is 112 Å². The lowest BCUT2D eigenvalue weighted by atomic mass is 9.60. The van der Waals surface area contributed by atoms with Crippen LogP contribution in [-0.2, 0) is 14.3 Å². The second kappa shape index (κ2) is 6.71. The van der Waals surface area contributed by atoms with Gasteiger partial charge in [-0.25, -0.2) is 0 Å². The number of esters is 1. The quantitative estimate of drug-likeness (QED) is 0.444. The van der Waals surface area contributed by atoms with Crippen molar-refractivity contribution in [1.82, 2.24) is 0 Å². The summed E-state index contributed by atoms with van der Waals surface area (Å²) in [6.07, 6.45) is 12.8. The number of carbonyl (C=O) groups excluding carboxylic acids is 1. The largest absolute Gasteiger partial charge is 0.459 e. The summed E-state index contributed by atoms with van der Waals surface area (Å²) in [4.78, 5) is 13.3. The Bertz CT molecular complexity index is 667. The van der Waals surface area contributed by atoms with Gasteiger partial charge in [0.05, 0.1) is 18.1 Å². The van der Waals surface area contributed by atoms with Crippen LogP contribution < -0.4 is 0 Å². The SMILES string of the molecule is CCC1OC(CC)C2C3CC(C4C5CC(C(=O)OC6(CC)CCCC6)C(C5)C34)C12. The molecule has 0 aromatic carbocycles. The summed E-state index contributed by atoms with van der Waals surface area (Å²) in [5.74, 6) is 6.80. The smallest absolute Gasteiger partial charge is 0.309 e. The third-order valence-electron chi connectivity index (χ3n) is 10.9. The molecule has 0 spiro atoms. The number of hydrogen-bond acceptors (Lipinski definition) is 3. The summed E-state index contributed by atoms with van der Waals surface area (Å²) in [5.41, 5.74) is -0.126. The highest BCUT2D eigenvalue weighted by Gasteiger charge is 2.71. The highest BCUT2D eigenvalue weighted by atomic mass is 16.6. The topological polar surface area (TPSA) is 35.5 Å². The van der Waals surface area contributed by atoms with Crippen LogP contribution in [0.15, 0.2) is 0 Å². The minimum Gasteiger partial charge on any atom is -0.459 e. The Morgan fingerprint density at radius 3 is 2.14 bits per heavy atom. The zero-order valence-corrected chi connectivity index (χ0v) is 18.6. The molecule has 0 aromatic rings. The molecule has 11 unspecified atom stereocenters. The average Bonchev–Trinajstić information content (AvgIpc) is 3.54. The molecule has 1 heterocycles. The molecule has 0 amide bonds. The van der Waals surface area contributed by atoms with Gasteiger partial charge < -0.3 is 9.47 Å². The molecule has 29 heavy (non-hydrogen) atoms. The molecule has 3 heteroatoms. The Balaban J connectivity index is 1.22. The number of ether oxygens (including phenoxy) is 2. The maximum atomic E-state index is 13.3. The summed E-state index contributed by atoms with van der Waals surface area (Å²) in [6.45, 7) is 6.85. The Morgan fingerprint density at radius 1 is 0.862 bits per heavy atom. The van der Waals surface area contributed by atoms with E-state index in [-0.39, 0.29) is 17.5 Å². The van der Waals surface area contributed by atoms with Gasteiger partial charge in [0.25, 0.3) is 0 Å². The molecule has 6 aliphatic rings. The normalized spacial score (nSPS) is 53.4. The second-order valence-electron chi connectivity index (χ2n) is 11.6. The highest BCUT2D eigenvalue weighted by molar-refractivity contribution is 5.74. The van der Waals surface area contributed by atoms with Crippen LogP contribution in [-0.4, -0.2) is 23.8 Å². The maximum Gasteiger partial charge on any atom is 0.309 e. The van der Waals surface area contributed by atoms with Crippen LogP contribution in [0.4, 0.5) is 0 Å². The number of rotatable bonds is 5. The van der Waals surface area contributed by atoms with E-state index < -0.39 is 0 Å². The van der Waals surface area contributed by atoms with Gasteiger partial charge >= 0.3 is 5.97 Å². The standard InChI is InChI=1S/C26H40O3/c1-4-19-23-17-13-18(24(23)20(5-2)28-19)22-15-11-14(21(17)22)12-16(15)25(27)29-26(6-3)9-7-8-10-26/h14-24H,4-13H2,1-3H3. The van der Waals surface area contributed by atoms with Gasteiger partial charge in [-0.1, -0.05) is 20.8 Å². The van der Waals surface area contributed by atoms with Gasteiger partial charge in [0.2, 0.25) is 0 Å². The van der Waals surface area contributed by atoms with Crippen LogP contribution in [0.1, 0.15) is 85.0 Å². The predicted octanol–water partition coefficient (Wildman–Crippen LogP) is 5.61. The molecule has 0 radical (unpaired) electrons. The van der Waals surface area contributed by atoms with Crippen molar-refractivity contribution in [3.05, 3.63) is 0 Å². The lowest BCUT2D eigenvalue weighted by Crippen LogP contribution is -2.45. The Hall–Kier alpha value is -0.570. The van der Waals surface area contributed by atoms with E-state index >= 15 is 0 Å². The molecule has 162 valence electrons. The first-order valence-electron chi connectivity index (χ1n) is 13.0. The maximum absolute atomic E-state index is 13.3. The molecule has 1 saturated heterocycles. The first-order chi connectivity index (χ1) is 14.1. The Kier molecular flexibility index (Phi) is 4.43. The third-order valence-corrected chi connectivity index (χ3v) is 10.9. The van der Waals surface area contributed by atoms with Crippen molar-refractivity contribution in [2.45, 2.75) is 103 Å². The van der Waals surface area contributed by atoms with Crippen LogP contribution in [0.5, 0.6) is 0 Å². The van der Waals surface area contributed by atoms with Crippen molar-refractivity contribution in [3.63, 3.8) is 0 Å². The van der Waals surface area contributed by atoms with Gasteiger partial charge in [0.15, 0.2) is 0 Å². The van der Waals surface area contributed by atoms with Crippen molar-refractivity contribution in [2.75, 3.05) is 0 Å². The van der Waals surface area contributed by atoms with Crippen molar-refractivity contribution in [3.8, 4) is 0 Å². The molecule has 0 aromatic heterocycles. The molecule has 4 bridgehead atoms. The summed E-state index contributed by atoms with van der Waals surface area (Å²) in [5, 5.41) is 0. The van der Waals surface area contributed by atoms with E-state index in [9.17, 15) is 4.79 Å². The van der Waals surface area contributed by atoms with Gasteiger partial charge in [-0.3, -0.25) is 4.79 Å². The zero-order valence-electron chi connectivity index (χ0n) is 18.6. The summed E-state index contributed by atoms with van der Waals surface area (Å²) in [6, 6.07) is 0. The Labute approximate surface area is 176 Å². The van der Waals surface area contributed by atoms with E-state index in [1.807, 2.05) is 0 Å². The fourth-order valence-electron chi connectivity index (χ4n) is 10.0. The second-order valence-corrected chi connectivity index (χ2v) is 11.6. The average molecular weight is 401 g/mol. The summed E-state index contributed by atoms with van der Waals surface area (Å²) >= 11 is 0. The minimum absolute atomic E-state index is 0.126. The lowest BCUT2D eigenvalue weighted by molar-refractivity contribution is -0.169. The van der Waals surface area contributed by atoms with E-state index in [2.05, 4.69) is 20.8 Å². The molecule has 3 nitrogen and oxygen atoms in total. The summed E-state index contributed by atoms with van der Waals surface area (Å²) in [7, 11) is 0. The van der Waals surface area contributed by atoms with Crippen LogP contribution in [0.3, 0.4) is 0 Å². The molecule has 6 rings (SSSR count). The van der Waals surface area contributed by atoms with Crippen molar-refractivity contribution in [2.24, 2.45) is 53.3 Å². The molecule has 5 aliphatic carbocycles. The van der Waals surface area contributed by atoms with Crippen LogP contribution in [0.25, 0.3) is 0 Å². The van der Waals surface area contributed by atoms with Crippen LogP contribution >= 0.6 is 0 Å². The molecular weight excluding hydrogens is 360 g/mol.